The summed E-state index contributed by atoms with van der Waals surface area (Å²) in [6, 6.07) is 6.57. The van der Waals surface area contributed by atoms with Crippen LogP contribution in [0.3, 0.4) is 0 Å². The molecule has 1 amide bonds. The summed E-state index contributed by atoms with van der Waals surface area (Å²) in [4.78, 5) is 19.9. The zero-order chi connectivity index (χ0) is 14.6. The normalized spacial score (nSPS) is 15.8. The van der Waals surface area contributed by atoms with Gasteiger partial charge in [0.05, 0.1) is 12.0 Å². The Morgan fingerprint density at radius 1 is 1.30 bits per heavy atom. The Morgan fingerprint density at radius 3 is 2.55 bits per heavy atom. The van der Waals surface area contributed by atoms with Gasteiger partial charge in [0.1, 0.15) is 0 Å². The number of sulfonamides is 1. The number of amides is 1. The summed E-state index contributed by atoms with van der Waals surface area (Å²) in [5, 5.41) is 0. The number of carbonyl (C=O) groups is 1. The van der Waals surface area contributed by atoms with Gasteiger partial charge in [0.15, 0.2) is 0 Å². The van der Waals surface area contributed by atoms with E-state index in [4.69, 9.17) is 0 Å². The van der Waals surface area contributed by atoms with E-state index in [9.17, 15) is 13.2 Å². The van der Waals surface area contributed by atoms with Gasteiger partial charge in [-0.3, -0.25) is 9.63 Å². The minimum atomic E-state index is -3.60. The molecule has 0 saturated carbocycles. The number of nitrogens with zero attached hydrogens (tertiary/aromatic N) is 1. The average molecular weight is 298 g/mol. The number of rotatable bonds is 6. The van der Waals surface area contributed by atoms with Crippen molar-refractivity contribution >= 4 is 15.9 Å². The maximum atomic E-state index is 11.7. The lowest BCUT2D eigenvalue weighted by Crippen LogP contribution is -2.26. The number of nitrogens with one attached hydrogen (secondary N) is 1. The van der Waals surface area contributed by atoms with E-state index in [0.717, 1.165) is 24.9 Å². The summed E-state index contributed by atoms with van der Waals surface area (Å²) < 4.78 is 23.3. The Labute approximate surface area is 118 Å². The van der Waals surface area contributed by atoms with E-state index in [1.807, 2.05) is 9.79 Å². The second-order valence-electron chi connectivity index (χ2n) is 4.67. The SMILES string of the molecule is CONS(=O)(=O)c1ccc(CCN2CCCC2=O)cc1. The average Bonchev–Trinajstić information content (AvgIpc) is 2.82. The third kappa shape index (κ3) is 3.56. The van der Waals surface area contributed by atoms with Gasteiger partial charge < -0.3 is 4.90 Å². The highest BCUT2D eigenvalue weighted by molar-refractivity contribution is 7.89. The second-order valence-corrected chi connectivity index (χ2v) is 6.31. The van der Waals surface area contributed by atoms with Crippen molar-refractivity contribution in [2.24, 2.45) is 0 Å². The first-order chi connectivity index (χ1) is 9.53. The molecule has 1 saturated heterocycles. The molecule has 1 aromatic rings. The zero-order valence-electron chi connectivity index (χ0n) is 11.3. The van der Waals surface area contributed by atoms with Crippen LogP contribution in [0.25, 0.3) is 0 Å². The second kappa shape index (κ2) is 6.34. The highest BCUT2D eigenvalue weighted by Gasteiger charge is 2.19. The molecule has 1 N–H and O–H groups in total. The van der Waals surface area contributed by atoms with Crippen LogP contribution in [0.1, 0.15) is 18.4 Å². The molecule has 1 heterocycles. The zero-order valence-corrected chi connectivity index (χ0v) is 12.1. The summed E-state index contributed by atoms with van der Waals surface area (Å²) in [5.74, 6) is 0.202. The first-order valence-electron chi connectivity index (χ1n) is 6.44. The van der Waals surface area contributed by atoms with E-state index >= 15 is 0 Å². The maximum Gasteiger partial charge on any atom is 0.262 e. The fraction of sp³-hybridized carbons (Fsp3) is 0.462. The molecule has 2 rings (SSSR count). The van der Waals surface area contributed by atoms with Crippen molar-refractivity contribution in [2.45, 2.75) is 24.2 Å². The predicted molar refractivity (Wildman–Crippen MR) is 73.3 cm³/mol. The molecule has 1 fully saturated rings. The number of benzene rings is 1. The van der Waals surface area contributed by atoms with Gasteiger partial charge in [-0.05, 0) is 30.5 Å². The lowest BCUT2D eigenvalue weighted by atomic mass is 10.1. The van der Waals surface area contributed by atoms with E-state index in [2.05, 4.69) is 4.84 Å². The van der Waals surface area contributed by atoms with E-state index < -0.39 is 10.0 Å². The van der Waals surface area contributed by atoms with Crippen molar-refractivity contribution in [3.63, 3.8) is 0 Å². The van der Waals surface area contributed by atoms with Crippen LogP contribution in [-0.2, 0) is 26.1 Å². The smallest absolute Gasteiger partial charge is 0.262 e. The summed E-state index contributed by atoms with van der Waals surface area (Å²) in [6.07, 6.45) is 2.29. The minimum absolute atomic E-state index is 0.153. The van der Waals surface area contributed by atoms with Crippen LogP contribution in [0.15, 0.2) is 29.2 Å². The molecule has 0 spiro atoms. The Morgan fingerprint density at radius 2 is 2.00 bits per heavy atom. The van der Waals surface area contributed by atoms with E-state index in [1.54, 1.807) is 12.1 Å². The van der Waals surface area contributed by atoms with Gasteiger partial charge in [0, 0.05) is 19.5 Å². The maximum absolute atomic E-state index is 11.7. The van der Waals surface area contributed by atoms with Crippen LogP contribution in [0.5, 0.6) is 0 Å². The van der Waals surface area contributed by atoms with Gasteiger partial charge in [0.2, 0.25) is 5.91 Å². The van der Waals surface area contributed by atoms with Crippen molar-refractivity contribution in [1.29, 1.82) is 0 Å². The van der Waals surface area contributed by atoms with Crippen LogP contribution >= 0.6 is 0 Å². The summed E-state index contributed by atoms with van der Waals surface area (Å²) in [7, 11) is -2.35. The fourth-order valence-electron chi connectivity index (χ4n) is 2.20. The van der Waals surface area contributed by atoms with E-state index in [-0.39, 0.29) is 10.8 Å². The molecule has 1 aromatic carbocycles. The lowest BCUT2D eigenvalue weighted by Gasteiger charge is -2.15. The monoisotopic (exact) mass is 298 g/mol. The van der Waals surface area contributed by atoms with Crippen LogP contribution in [0.2, 0.25) is 0 Å². The van der Waals surface area contributed by atoms with Crippen LogP contribution in [-0.4, -0.2) is 39.4 Å². The van der Waals surface area contributed by atoms with Crippen molar-refractivity contribution in [3.05, 3.63) is 29.8 Å². The van der Waals surface area contributed by atoms with Gasteiger partial charge in [0.25, 0.3) is 10.0 Å². The Bertz CT molecular complexity index is 569. The first-order valence-corrected chi connectivity index (χ1v) is 7.93. The molecule has 6 nitrogen and oxygen atoms in total. The van der Waals surface area contributed by atoms with Crippen molar-refractivity contribution in [1.82, 2.24) is 9.79 Å². The van der Waals surface area contributed by atoms with Crippen molar-refractivity contribution < 1.29 is 18.0 Å². The molecule has 0 atom stereocenters. The number of carbonyl (C=O) groups excluding carboxylic acids is 1. The largest absolute Gasteiger partial charge is 0.342 e. The van der Waals surface area contributed by atoms with E-state index in [1.165, 1.54) is 19.2 Å². The lowest BCUT2D eigenvalue weighted by molar-refractivity contribution is -0.127. The molecule has 110 valence electrons. The highest BCUT2D eigenvalue weighted by atomic mass is 32.2. The van der Waals surface area contributed by atoms with Crippen LogP contribution < -0.4 is 4.89 Å². The number of likely N-dealkylation sites (tertiary alicyclic amines) is 1. The van der Waals surface area contributed by atoms with Gasteiger partial charge in [-0.2, -0.15) is 0 Å². The van der Waals surface area contributed by atoms with Crippen molar-refractivity contribution in [3.8, 4) is 0 Å². The first kappa shape index (κ1) is 15.0. The van der Waals surface area contributed by atoms with Crippen LogP contribution in [0.4, 0.5) is 0 Å². The molecule has 0 aromatic heterocycles. The minimum Gasteiger partial charge on any atom is -0.342 e. The summed E-state index contributed by atoms with van der Waals surface area (Å²) in [6.45, 7) is 1.50. The standard InChI is InChI=1S/C13H18N2O4S/c1-19-14-20(17,18)12-6-4-11(5-7-12)8-10-15-9-2-3-13(15)16/h4-7,14H,2-3,8-10H2,1H3. The molecular weight excluding hydrogens is 280 g/mol. The van der Waals surface area contributed by atoms with Crippen LogP contribution in [0, 0.1) is 0 Å². The molecule has 20 heavy (non-hydrogen) atoms. The molecule has 0 bridgehead atoms. The third-order valence-electron chi connectivity index (χ3n) is 3.27. The predicted octanol–water partition coefficient (Wildman–Crippen LogP) is 0.691. The van der Waals surface area contributed by atoms with E-state index in [0.29, 0.717) is 13.0 Å². The molecule has 0 unspecified atom stereocenters. The fourth-order valence-corrected chi connectivity index (χ4v) is 3.01. The highest BCUT2D eigenvalue weighted by Crippen LogP contribution is 2.13. The van der Waals surface area contributed by atoms with Gasteiger partial charge in [-0.25, -0.2) is 8.42 Å². The number of hydrogen-bond acceptors (Lipinski definition) is 4. The molecule has 0 aliphatic carbocycles. The molecular formula is C13H18N2O4S. The third-order valence-corrected chi connectivity index (χ3v) is 4.55. The Hall–Kier alpha value is -1.44. The summed E-state index contributed by atoms with van der Waals surface area (Å²) in [5.41, 5.74) is 1.00. The molecule has 1 aliphatic rings. The summed E-state index contributed by atoms with van der Waals surface area (Å²) >= 11 is 0. The quantitative estimate of drug-likeness (QED) is 0.784. The Balaban J connectivity index is 1.96. The van der Waals surface area contributed by atoms with Gasteiger partial charge in [-0.1, -0.05) is 17.0 Å². The van der Waals surface area contributed by atoms with Gasteiger partial charge >= 0.3 is 0 Å². The molecule has 1 aliphatic heterocycles. The molecule has 7 heteroatoms. The van der Waals surface area contributed by atoms with Gasteiger partial charge in [-0.15, -0.1) is 0 Å². The van der Waals surface area contributed by atoms with Crippen molar-refractivity contribution in [2.75, 3.05) is 20.2 Å². The number of hydrogen-bond donors (Lipinski definition) is 1. The molecule has 0 radical (unpaired) electrons. The Kier molecular flexibility index (Phi) is 4.74. The topological polar surface area (TPSA) is 75.7 Å².